The maximum atomic E-state index is 11.7. The van der Waals surface area contributed by atoms with E-state index < -0.39 is 10.0 Å². The molecule has 0 aliphatic carbocycles. The molecule has 1 unspecified atom stereocenters. The minimum atomic E-state index is -3.21. The summed E-state index contributed by atoms with van der Waals surface area (Å²) in [6.07, 6.45) is 0. The first kappa shape index (κ1) is 15.2. The summed E-state index contributed by atoms with van der Waals surface area (Å²) in [7, 11) is -3.21. The smallest absolute Gasteiger partial charge is 0.211 e. The minimum Gasteiger partial charge on any atom is -0.260 e. The predicted molar refractivity (Wildman–Crippen MR) is 81.6 cm³/mol. The first-order valence-electron chi connectivity index (χ1n) is 6.46. The predicted octanol–water partition coefficient (Wildman–Crippen LogP) is 2.09. The van der Waals surface area contributed by atoms with Gasteiger partial charge in [0.05, 0.1) is 17.5 Å². The number of aromatic nitrogens is 2. The van der Waals surface area contributed by atoms with E-state index in [1.165, 1.54) is 0 Å². The van der Waals surface area contributed by atoms with Crippen LogP contribution in [0.2, 0.25) is 0 Å². The number of hydrogen-bond donors (Lipinski definition) is 1. The van der Waals surface area contributed by atoms with Crippen molar-refractivity contribution in [2.75, 3.05) is 12.3 Å². The standard InChI is InChI=1S/C13H19N3O2S2/c1-4-20(17,18)14-9-12(13-6-5-7-19-13)16-11(3)8-10(2)15-16/h5-8,12,14H,4,9H2,1-3H3. The fourth-order valence-electron chi connectivity index (χ4n) is 2.06. The van der Waals surface area contributed by atoms with Crippen molar-refractivity contribution < 1.29 is 8.42 Å². The number of nitrogens with zero attached hydrogens (tertiary/aromatic N) is 2. The van der Waals surface area contributed by atoms with E-state index in [1.807, 2.05) is 42.1 Å². The van der Waals surface area contributed by atoms with Gasteiger partial charge in [-0.15, -0.1) is 11.3 Å². The second kappa shape index (κ2) is 6.07. The number of hydrogen-bond acceptors (Lipinski definition) is 4. The molecular weight excluding hydrogens is 294 g/mol. The van der Waals surface area contributed by atoms with Crippen LogP contribution >= 0.6 is 11.3 Å². The highest BCUT2D eigenvalue weighted by molar-refractivity contribution is 7.89. The van der Waals surface area contributed by atoms with Gasteiger partial charge >= 0.3 is 0 Å². The van der Waals surface area contributed by atoms with Gasteiger partial charge in [-0.2, -0.15) is 5.10 Å². The van der Waals surface area contributed by atoms with E-state index in [0.717, 1.165) is 16.3 Å². The van der Waals surface area contributed by atoms with Crippen LogP contribution in [-0.4, -0.2) is 30.5 Å². The van der Waals surface area contributed by atoms with Gasteiger partial charge in [-0.05, 0) is 38.3 Å². The van der Waals surface area contributed by atoms with Crippen LogP contribution < -0.4 is 4.72 Å². The highest BCUT2D eigenvalue weighted by Gasteiger charge is 2.20. The lowest BCUT2D eigenvalue weighted by atomic mass is 10.2. The first-order chi connectivity index (χ1) is 9.43. The Morgan fingerprint density at radius 1 is 1.45 bits per heavy atom. The van der Waals surface area contributed by atoms with Gasteiger partial charge in [0.1, 0.15) is 0 Å². The van der Waals surface area contributed by atoms with Crippen LogP contribution in [0.5, 0.6) is 0 Å². The molecule has 2 aromatic rings. The first-order valence-corrected chi connectivity index (χ1v) is 8.99. The molecule has 0 aliphatic heterocycles. The third-order valence-corrected chi connectivity index (χ3v) is 5.43. The lowest BCUT2D eigenvalue weighted by molar-refractivity contribution is 0.500. The third-order valence-electron chi connectivity index (χ3n) is 3.09. The topological polar surface area (TPSA) is 64.0 Å². The molecule has 0 spiro atoms. The highest BCUT2D eigenvalue weighted by Crippen LogP contribution is 2.24. The Labute approximate surface area is 123 Å². The molecule has 1 atom stereocenters. The average molecular weight is 313 g/mol. The molecule has 0 fully saturated rings. The summed E-state index contributed by atoms with van der Waals surface area (Å²) in [5.41, 5.74) is 1.96. The van der Waals surface area contributed by atoms with Crippen LogP contribution in [-0.2, 0) is 10.0 Å². The maximum absolute atomic E-state index is 11.7. The Balaban J connectivity index is 2.29. The molecule has 7 heteroatoms. The second-order valence-electron chi connectivity index (χ2n) is 4.65. The van der Waals surface area contributed by atoms with E-state index in [0.29, 0.717) is 6.54 Å². The van der Waals surface area contributed by atoms with Crippen LogP contribution in [0.15, 0.2) is 23.6 Å². The zero-order valence-corrected chi connectivity index (χ0v) is 13.5. The van der Waals surface area contributed by atoms with E-state index >= 15 is 0 Å². The summed E-state index contributed by atoms with van der Waals surface area (Å²) < 4.78 is 27.9. The molecule has 0 bridgehead atoms. The molecule has 0 amide bonds. The van der Waals surface area contributed by atoms with Crippen molar-refractivity contribution in [1.29, 1.82) is 0 Å². The van der Waals surface area contributed by atoms with Gasteiger partial charge in [-0.25, -0.2) is 13.1 Å². The van der Waals surface area contributed by atoms with Gasteiger partial charge in [0, 0.05) is 17.1 Å². The van der Waals surface area contributed by atoms with Gasteiger partial charge in [0.15, 0.2) is 0 Å². The van der Waals surface area contributed by atoms with Gasteiger partial charge in [0.25, 0.3) is 0 Å². The third kappa shape index (κ3) is 3.47. The second-order valence-corrected chi connectivity index (χ2v) is 7.73. The Kier molecular flexibility index (Phi) is 4.62. The summed E-state index contributed by atoms with van der Waals surface area (Å²) in [6.45, 7) is 5.87. The Morgan fingerprint density at radius 3 is 2.70 bits per heavy atom. The van der Waals surface area contributed by atoms with Gasteiger partial charge in [0.2, 0.25) is 10.0 Å². The van der Waals surface area contributed by atoms with Crippen molar-refractivity contribution in [3.63, 3.8) is 0 Å². The largest absolute Gasteiger partial charge is 0.260 e. The van der Waals surface area contributed by atoms with E-state index in [1.54, 1.807) is 18.3 Å². The zero-order valence-electron chi connectivity index (χ0n) is 11.8. The van der Waals surface area contributed by atoms with Crippen LogP contribution in [0.4, 0.5) is 0 Å². The SMILES string of the molecule is CCS(=O)(=O)NCC(c1cccs1)n1nc(C)cc1C. The van der Waals surface area contributed by atoms with Crippen molar-refractivity contribution in [2.45, 2.75) is 26.8 Å². The summed E-state index contributed by atoms with van der Waals surface area (Å²) in [4.78, 5) is 1.09. The molecule has 0 radical (unpaired) electrons. The number of aryl methyl sites for hydroxylation is 2. The van der Waals surface area contributed by atoms with E-state index in [4.69, 9.17) is 0 Å². The van der Waals surface area contributed by atoms with Crippen molar-refractivity contribution in [1.82, 2.24) is 14.5 Å². The molecule has 0 aliphatic rings. The van der Waals surface area contributed by atoms with E-state index in [9.17, 15) is 8.42 Å². The Morgan fingerprint density at radius 2 is 2.20 bits per heavy atom. The lowest BCUT2D eigenvalue weighted by Gasteiger charge is -2.18. The van der Waals surface area contributed by atoms with Crippen LogP contribution in [0.25, 0.3) is 0 Å². The summed E-state index contributed by atoms with van der Waals surface area (Å²) >= 11 is 1.61. The average Bonchev–Trinajstić information content (AvgIpc) is 3.01. The van der Waals surface area contributed by atoms with Crippen molar-refractivity contribution in [3.05, 3.63) is 39.8 Å². The quantitative estimate of drug-likeness (QED) is 0.888. The molecule has 0 saturated heterocycles. The van der Waals surface area contributed by atoms with Crippen LogP contribution in [0, 0.1) is 13.8 Å². The van der Waals surface area contributed by atoms with Crippen LogP contribution in [0.3, 0.4) is 0 Å². The zero-order chi connectivity index (χ0) is 14.8. The van der Waals surface area contributed by atoms with Gasteiger partial charge in [-0.1, -0.05) is 6.07 Å². The summed E-state index contributed by atoms with van der Waals surface area (Å²) in [5.74, 6) is 0.0846. The molecule has 5 nitrogen and oxygen atoms in total. The van der Waals surface area contributed by atoms with Crippen LogP contribution in [0.1, 0.15) is 29.2 Å². The van der Waals surface area contributed by atoms with Crippen molar-refractivity contribution >= 4 is 21.4 Å². The normalized spacial score (nSPS) is 13.6. The molecule has 110 valence electrons. The fraction of sp³-hybridized carbons (Fsp3) is 0.462. The Hall–Kier alpha value is -1.18. The summed E-state index contributed by atoms with van der Waals surface area (Å²) in [5, 5.41) is 6.47. The molecule has 2 rings (SSSR count). The molecule has 20 heavy (non-hydrogen) atoms. The molecule has 0 aromatic carbocycles. The summed E-state index contributed by atoms with van der Waals surface area (Å²) in [6, 6.07) is 5.86. The molecule has 0 saturated carbocycles. The number of nitrogens with one attached hydrogen (secondary N) is 1. The van der Waals surface area contributed by atoms with E-state index in [2.05, 4.69) is 9.82 Å². The molecular formula is C13H19N3O2S2. The fourth-order valence-corrected chi connectivity index (χ4v) is 3.49. The maximum Gasteiger partial charge on any atom is 0.211 e. The molecule has 2 heterocycles. The van der Waals surface area contributed by atoms with Crippen molar-refractivity contribution in [3.8, 4) is 0 Å². The lowest BCUT2D eigenvalue weighted by Crippen LogP contribution is -2.32. The monoisotopic (exact) mass is 313 g/mol. The van der Waals surface area contributed by atoms with E-state index in [-0.39, 0.29) is 11.8 Å². The Bertz CT molecular complexity index is 660. The molecule has 2 aromatic heterocycles. The number of thiophene rings is 1. The number of sulfonamides is 1. The minimum absolute atomic E-state index is 0.0846. The molecule has 1 N–H and O–H groups in total. The number of rotatable bonds is 6. The van der Waals surface area contributed by atoms with Gasteiger partial charge < -0.3 is 0 Å². The van der Waals surface area contributed by atoms with Gasteiger partial charge in [-0.3, -0.25) is 4.68 Å². The van der Waals surface area contributed by atoms with Crippen molar-refractivity contribution in [2.24, 2.45) is 0 Å². The highest BCUT2D eigenvalue weighted by atomic mass is 32.2.